The molecule has 0 radical (unpaired) electrons. The molecule has 6 heteroatoms. The topological polar surface area (TPSA) is 76.2 Å². The van der Waals surface area contributed by atoms with E-state index in [0.29, 0.717) is 23.7 Å². The van der Waals surface area contributed by atoms with Crippen molar-refractivity contribution >= 4 is 5.97 Å². The van der Waals surface area contributed by atoms with E-state index >= 15 is 0 Å². The lowest BCUT2D eigenvalue weighted by atomic mass is 10.0. The molecule has 20 heavy (non-hydrogen) atoms. The average Bonchev–Trinajstić information content (AvgIpc) is 2.74. The van der Waals surface area contributed by atoms with Gasteiger partial charge in [-0.1, -0.05) is 12.1 Å². The van der Waals surface area contributed by atoms with Crippen molar-refractivity contribution in [3.05, 3.63) is 35.5 Å². The molecule has 2 rings (SSSR count). The maximum atomic E-state index is 13.3. The molecule has 1 unspecified atom stereocenters. The number of benzene rings is 1. The number of rotatable bonds is 5. The molecule has 0 aliphatic heterocycles. The Balaban J connectivity index is 2.14. The first-order valence-corrected chi connectivity index (χ1v) is 6.26. The molecule has 0 amide bonds. The summed E-state index contributed by atoms with van der Waals surface area (Å²) in [7, 11) is 0. The molecule has 1 aromatic carbocycles. The molecular weight excluding hydrogens is 263 g/mol. The van der Waals surface area contributed by atoms with Crippen LogP contribution in [0.5, 0.6) is 0 Å². The van der Waals surface area contributed by atoms with Crippen molar-refractivity contribution in [2.24, 2.45) is 5.92 Å². The van der Waals surface area contributed by atoms with Crippen molar-refractivity contribution in [3.63, 3.8) is 0 Å². The van der Waals surface area contributed by atoms with Gasteiger partial charge in [-0.25, -0.2) is 4.39 Å². The molecule has 0 fully saturated rings. The molecule has 0 spiro atoms. The van der Waals surface area contributed by atoms with Crippen molar-refractivity contribution in [2.75, 3.05) is 0 Å². The van der Waals surface area contributed by atoms with Crippen LogP contribution in [0.25, 0.3) is 11.4 Å². The van der Waals surface area contributed by atoms with Gasteiger partial charge in [0.2, 0.25) is 11.7 Å². The van der Waals surface area contributed by atoms with Gasteiger partial charge >= 0.3 is 5.97 Å². The van der Waals surface area contributed by atoms with Gasteiger partial charge in [-0.2, -0.15) is 4.98 Å². The summed E-state index contributed by atoms with van der Waals surface area (Å²) in [5.74, 6) is -0.653. The molecule has 1 atom stereocenters. The Labute approximate surface area is 115 Å². The van der Waals surface area contributed by atoms with Crippen molar-refractivity contribution in [2.45, 2.75) is 26.7 Å². The number of aliphatic carboxylic acids is 1. The van der Waals surface area contributed by atoms with E-state index < -0.39 is 5.97 Å². The number of hydrogen-bond acceptors (Lipinski definition) is 4. The quantitative estimate of drug-likeness (QED) is 0.910. The van der Waals surface area contributed by atoms with E-state index in [1.165, 1.54) is 12.1 Å². The number of carboxylic acids is 1. The number of halogens is 1. The Morgan fingerprint density at radius 2 is 2.20 bits per heavy atom. The van der Waals surface area contributed by atoms with E-state index in [1.807, 2.05) is 0 Å². The van der Waals surface area contributed by atoms with E-state index in [1.54, 1.807) is 19.9 Å². The van der Waals surface area contributed by atoms with Crippen LogP contribution in [0.3, 0.4) is 0 Å². The minimum absolute atomic E-state index is 0.0385. The lowest BCUT2D eigenvalue weighted by Crippen LogP contribution is -2.07. The first-order chi connectivity index (χ1) is 9.44. The maximum absolute atomic E-state index is 13.3. The number of hydrogen-bond donors (Lipinski definition) is 1. The molecule has 0 saturated carbocycles. The number of carboxylic acid groups (broad SMARTS) is 1. The van der Waals surface area contributed by atoms with Crippen molar-refractivity contribution < 1.29 is 18.8 Å². The second kappa shape index (κ2) is 5.81. The van der Waals surface area contributed by atoms with E-state index in [9.17, 15) is 9.18 Å². The van der Waals surface area contributed by atoms with E-state index in [-0.39, 0.29) is 18.2 Å². The normalized spacial score (nSPS) is 12.3. The van der Waals surface area contributed by atoms with Gasteiger partial charge in [0.25, 0.3) is 0 Å². The van der Waals surface area contributed by atoms with Crippen LogP contribution in [0.1, 0.15) is 24.8 Å². The highest BCUT2D eigenvalue weighted by molar-refractivity contribution is 5.67. The molecule has 0 aliphatic carbocycles. The highest BCUT2D eigenvalue weighted by Gasteiger charge is 2.15. The molecule has 5 nitrogen and oxygen atoms in total. The molecule has 1 N–H and O–H groups in total. The fraction of sp³-hybridized carbons (Fsp3) is 0.357. The fourth-order valence-electron chi connectivity index (χ4n) is 1.99. The summed E-state index contributed by atoms with van der Waals surface area (Å²) in [6.07, 6.45) is 0.421. The summed E-state index contributed by atoms with van der Waals surface area (Å²) in [5.41, 5.74) is 1.31. The number of aromatic nitrogens is 2. The summed E-state index contributed by atoms with van der Waals surface area (Å²) < 4.78 is 18.4. The standard InChI is InChI=1S/C14H15FN2O3/c1-8-3-10(7-11(15)4-8)14-16-12(20-17-14)5-9(2)6-13(18)19/h3-4,7,9H,5-6H2,1-2H3,(H,18,19). The van der Waals surface area contributed by atoms with Crippen molar-refractivity contribution in [3.8, 4) is 11.4 Å². The van der Waals surface area contributed by atoms with E-state index in [0.717, 1.165) is 5.56 Å². The predicted molar refractivity (Wildman–Crippen MR) is 69.5 cm³/mol. The fourth-order valence-corrected chi connectivity index (χ4v) is 1.99. The Kier molecular flexibility index (Phi) is 4.12. The third-order valence-corrected chi connectivity index (χ3v) is 2.81. The summed E-state index contributed by atoms with van der Waals surface area (Å²) in [6.45, 7) is 3.58. The van der Waals surface area contributed by atoms with Crippen molar-refractivity contribution in [1.82, 2.24) is 10.1 Å². The van der Waals surface area contributed by atoms with Crippen LogP contribution in [-0.4, -0.2) is 21.2 Å². The van der Waals surface area contributed by atoms with Crippen LogP contribution in [0.4, 0.5) is 4.39 Å². The van der Waals surface area contributed by atoms with Gasteiger partial charge < -0.3 is 9.63 Å². The van der Waals surface area contributed by atoms with Crippen LogP contribution in [0.15, 0.2) is 22.7 Å². The maximum Gasteiger partial charge on any atom is 0.303 e. The largest absolute Gasteiger partial charge is 0.481 e. The van der Waals surface area contributed by atoms with Gasteiger partial charge in [0.05, 0.1) is 0 Å². The molecule has 1 aromatic heterocycles. The van der Waals surface area contributed by atoms with Gasteiger partial charge in [0.15, 0.2) is 0 Å². The SMILES string of the molecule is Cc1cc(F)cc(-c2noc(CC(C)CC(=O)O)n2)c1. The lowest BCUT2D eigenvalue weighted by molar-refractivity contribution is -0.137. The zero-order chi connectivity index (χ0) is 14.7. The zero-order valence-corrected chi connectivity index (χ0v) is 11.3. The van der Waals surface area contributed by atoms with Gasteiger partial charge in [-0.05, 0) is 36.6 Å². The summed E-state index contributed by atoms with van der Waals surface area (Å²) in [4.78, 5) is 14.8. The second-order valence-corrected chi connectivity index (χ2v) is 4.94. The first kappa shape index (κ1) is 14.2. The minimum Gasteiger partial charge on any atom is -0.481 e. The Bertz CT molecular complexity index is 604. The Morgan fingerprint density at radius 3 is 2.85 bits per heavy atom. The Morgan fingerprint density at radius 1 is 1.45 bits per heavy atom. The monoisotopic (exact) mass is 278 g/mol. The summed E-state index contributed by atoms with van der Waals surface area (Å²) in [5, 5.41) is 12.5. The molecule has 0 saturated heterocycles. The average molecular weight is 278 g/mol. The van der Waals surface area contributed by atoms with E-state index in [4.69, 9.17) is 9.63 Å². The number of aryl methyl sites for hydroxylation is 1. The van der Waals surface area contributed by atoms with E-state index in [2.05, 4.69) is 10.1 Å². The summed E-state index contributed by atoms with van der Waals surface area (Å²) >= 11 is 0. The molecule has 2 aromatic rings. The van der Waals surface area contributed by atoms with Gasteiger partial charge in [-0.3, -0.25) is 4.79 Å². The third kappa shape index (κ3) is 3.63. The first-order valence-electron chi connectivity index (χ1n) is 6.26. The van der Waals surface area contributed by atoms with Gasteiger partial charge in [-0.15, -0.1) is 0 Å². The smallest absolute Gasteiger partial charge is 0.303 e. The highest BCUT2D eigenvalue weighted by atomic mass is 19.1. The molecular formula is C14H15FN2O3. The van der Waals surface area contributed by atoms with Crippen LogP contribution >= 0.6 is 0 Å². The predicted octanol–water partition coefficient (Wildman–Crippen LogP) is 2.84. The molecule has 106 valence electrons. The van der Waals surface area contributed by atoms with Crippen LogP contribution < -0.4 is 0 Å². The van der Waals surface area contributed by atoms with Crippen LogP contribution in [-0.2, 0) is 11.2 Å². The van der Waals surface area contributed by atoms with Crippen molar-refractivity contribution in [1.29, 1.82) is 0 Å². The second-order valence-electron chi connectivity index (χ2n) is 4.94. The number of carbonyl (C=O) groups is 1. The third-order valence-electron chi connectivity index (χ3n) is 2.81. The molecule has 1 heterocycles. The molecule has 0 aliphatic rings. The minimum atomic E-state index is -0.863. The van der Waals surface area contributed by atoms with Gasteiger partial charge in [0.1, 0.15) is 5.82 Å². The summed E-state index contributed by atoms with van der Waals surface area (Å²) in [6, 6.07) is 4.51. The van der Waals surface area contributed by atoms with Gasteiger partial charge in [0, 0.05) is 18.4 Å². The van der Waals surface area contributed by atoms with Crippen LogP contribution in [0, 0.1) is 18.7 Å². The molecule has 0 bridgehead atoms. The lowest BCUT2D eigenvalue weighted by Gasteiger charge is -2.03. The zero-order valence-electron chi connectivity index (χ0n) is 11.3. The van der Waals surface area contributed by atoms with Crippen LogP contribution in [0.2, 0.25) is 0 Å². The number of nitrogens with zero attached hydrogens (tertiary/aromatic N) is 2. The Hall–Kier alpha value is -2.24. The highest BCUT2D eigenvalue weighted by Crippen LogP contribution is 2.20.